The lowest BCUT2D eigenvalue weighted by Gasteiger charge is -2.09. The number of aromatic nitrogens is 1. The maximum Gasteiger partial charge on any atom is 0.127 e. The molecule has 4 heteroatoms. The van der Waals surface area contributed by atoms with Crippen molar-refractivity contribution in [2.24, 2.45) is 0 Å². The third kappa shape index (κ3) is 5.89. The average Bonchev–Trinajstić information content (AvgIpc) is 3.20. The van der Waals surface area contributed by atoms with Crippen LogP contribution in [0.1, 0.15) is 30.9 Å². The molecule has 1 aromatic heterocycles. The number of rotatable bonds is 11. The first-order chi connectivity index (χ1) is 15.3. The summed E-state index contributed by atoms with van der Waals surface area (Å²) in [6.07, 6.45) is 5.29. The number of ether oxygens (including phenoxy) is 2. The highest BCUT2D eigenvalue weighted by atomic mass is 16.5. The molecule has 4 rings (SSSR count). The summed E-state index contributed by atoms with van der Waals surface area (Å²) in [7, 11) is 0. The highest BCUT2D eigenvalue weighted by molar-refractivity contribution is 5.84. The van der Waals surface area contributed by atoms with Crippen molar-refractivity contribution >= 4 is 10.9 Å². The van der Waals surface area contributed by atoms with Crippen LogP contribution in [0.15, 0.2) is 79.0 Å². The number of H-pyrrole nitrogens is 1. The predicted molar refractivity (Wildman–Crippen MR) is 127 cm³/mol. The standard InChI is InChI=1S/C27H30N2O2/c1-2-3-16-30-24-12-13-27-26(18-24)22(20-29-27)14-15-28-19-21-8-7-11-25(17-21)31-23-9-5-4-6-10-23/h4-13,17-18,20,28-29H,2-3,14-16,19H2,1H3. The number of nitrogens with one attached hydrogen (secondary N) is 2. The maximum atomic E-state index is 5.93. The molecule has 0 aliphatic carbocycles. The predicted octanol–water partition coefficient (Wildman–Crippen LogP) is 6.47. The Balaban J connectivity index is 1.30. The van der Waals surface area contributed by atoms with E-state index in [1.807, 2.05) is 48.5 Å². The number of unbranched alkanes of at least 4 members (excludes halogenated alkanes) is 1. The number of benzene rings is 3. The largest absolute Gasteiger partial charge is 0.494 e. The van der Waals surface area contributed by atoms with Gasteiger partial charge in [-0.2, -0.15) is 0 Å². The molecule has 1 heterocycles. The quantitative estimate of drug-likeness (QED) is 0.276. The van der Waals surface area contributed by atoms with Crippen molar-refractivity contribution in [2.75, 3.05) is 13.2 Å². The minimum absolute atomic E-state index is 0.774. The lowest BCUT2D eigenvalue weighted by molar-refractivity contribution is 0.310. The highest BCUT2D eigenvalue weighted by Crippen LogP contribution is 2.25. The van der Waals surface area contributed by atoms with Crippen LogP contribution >= 0.6 is 0 Å². The van der Waals surface area contributed by atoms with Crippen molar-refractivity contribution < 1.29 is 9.47 Å². The molecule has 160 valence electrons. The molecule has 4 nitrogen and oxygen atoms in total. The number of hydrogen-bond acceptors (Lipinski definition) is 3. The van der Waals surface area contributed by atoms with Gasteiger partial charge in [0, 0.05) is 23.6 Å². The van der Waals surface area contributed by atoms with Crippen molar-refractivity contribution in [3.8, 4) is 17.2 Å². The van der Waals surface area contributed by atoms with Gasteiger partial charge in [-0.05, 0) is 73.0 Å². The Morgan fingerprint density at radius 2 is 1.74 bits per heavy atom. The Bertz CT molecular complexity index is 1090. The summed E-state index contributed by atoms with van der Waals surface area (Å²) >= 11 is 0. The summed E-state index contributed by atoms with van der Waals surface area (Å²) in [4.78, 5) is 3.37. The fraction of sp³-hybridized carbons (Fsp3) is 0.259. The Labute approximate surface area is 184 Å². The number of para-hydroxylation sites is 1. The van der Waals surface area contributed by atoms with Crippen LogP contribution in [-0.4, -0.2) is 18.1 Å². The van der Waals surface area contributed by atoms with Gasteiger partial charge in [0.1, 0.15) is 17.2 Å². The Morgan fingerprint density at radius 1 is 0.871 bits per heavy atom. The molecule has 0 saturated heterocycles. The van der Waals surface area contributed by atoms with Gasteiger partial charge >= 0.3 is 0 Å². The van der Waals surface area contributed by atoms with Crippen LogP contribution in [0.25, 0.3) is 10.9 Å². The summed E-state index contributed by atoms with van der Waals surface area (Å²) < 4.78 is 11.8. The third-order valence-electron chi connectivity index (χ3n) is 5.28. The second kappa shape index (κ2) is 10.7. The van der Waals surface area contributed by atoms with Crippen LogP contribution in [0, 0.1) is 0 Å². The van der Waals surface area contributed by atoms with Gasteiger partial charge in [0.2, 0.25) is 0 Å². The molecule has 4 aromatic rings. The minimum atomic E-state index is 0.774. The van der Waals surface area contributed by atoms with E-state index < -0.39 is 0 Å². The van der Waals surface area contributed by atoms with E-state index in [1.165, 1.54) is 16.5 Å². The van der Waals surface area contributed by atoms with E-state index in [4.69, 9.17) is 9.47 Å². The van der Waals surface area contributed by atoms with Crippen molar-refractivity contribution in [3.05, 3.63) is 90.1 Å². The van der Waals surface area contributed by atoms with E-state index in [0.29, 0.717) is 0 Å². The van der Waals surface area contributed by atoms with E-state index in [9.17, 15) is 0 Å². The average molecular weight is 415 g/mol. The molecule has 2 N–H and O–H groups in total. The van der Waals surface area contributed by atoms with Gasteiger partial charge < -0.3 is 19.8 Å². The molecular formula is C27H30N2O2. The topological polar surface area (TPSA) is 46.3 Å². The lowest BCUT2D eigenvalue weighted by Crippen LogP contribution is -2.16. The zero-order valence-electron chi connectivity index (χ0n) is 18.1. The molecule has 31 heavy (non-hydrogen) atoms. The Morgan fingerprint density at radius 3 is 2.61 bits per heavy atom. The van der Waals surface area contributed by atoms with Crippen molar-refractivity contribution in [1.29, 1.82) is 0 Å². The van der Waals surface area contributed by atoms with Crippen molar-refractivity contribution in [1.82, 2.24) is 10.3 Å². The first-order valence-electron chi connectivity index (χ1n) is 11.1. The molecule has 0 fully saturated rings. The van der Waals surface area contributed by atoms with Crippen LogP contribution in [0.5, 0.6) is 17.2 Å². The van der Waals surface area contributed by atoms with Gasteiger partial charge in [-0.3, -0.25) is 0 Å². The second-order valence-corrected chi connectivity index (χ2v) is 7.71. The fourth-order valence-electron chi connectivity index (χ4n) is 3.59. The molecule has 0 atom stereocenters. The zero-order chi connectivity index (χ0) is 21.3. The van der Waals surface area contributed by atoms with Crippen LogP contribution in [0.4, 0.5) is 0 Å². The highest BCUT2D eigenvalue weighted by Gasteiger charge is 2.06. The van der Waals surface area contributed by atoms with E-state index in [1.54, 1.807) is 0 Å². The minimum Gasteiger partial charge on any atom is -0.494 e. The van der Waals surface area contributed by atoms with Crippen LogP contribution in [0.2, 0.25) is 0 Å². The molecule has 0 amide bonds. The molecule has 0 bridgehead atoms. The monoisotopic (exact) mass is 414 g/mol. The maximum absolute atomic E-state index is 5.93. The van der Waals surface area contributed by atoms with Gasteiger partial charge in [0.05, 0.1) is 6.61 Å². The van der Waals surface area contributed by atoms with E-state index in [2.05, 4.69) is 47.7 Å². The molecule has 0 unspecified atom stereocenters. The molecule has 0 spiro atoms. The Hall–Kier alpha value is -3.24. The summed E-state index contributed by atoms with van der Waals surface area (Å²) in [6, 6.07) is 24.4. The van der Waals surface area contributed by atoms with Gasteiger partial charge in [0.15, 0.2) is 0 Å². The SMILES string of the molecule is CCCCOc1ccc2[nH]cc(CCNCc3cccc(Oc4ccccc4)c3)c2c1. The molecule has 0 aliphatic rings. The van der Waals surface area contributed by atoms with Crippen LogP contribution in [0.3, 0.4) is 0 Å². The number of fused-ring (bicyclic) bond motifs is 1. The van der Waals surface area contributed by atoms with Crippen molar-refractivity contribution in [3.63, 3.8) is 0 Å². The van der Waals surface area contributed by atoms with Crippen LogP contribution < -0.4 is 14.8 Å². The van der Waals surface area contributed by atoms with Crippen LogP contribution in [-0.2, 0) is 13.0 Å². The summed E-state index contributed by atoms with van der Waals surface area (Å²) in [6.45, 7) is 4.66. The normalized spacial score (nSPS) is 11.0. The molecule has 3 aromatic carbocycles. The summed E-state index contributed by atoms with van der Waals surface area (Å²) in [5.41, 5.74) is 3.67. The van der Waals surface area contributed by atoms with Crippen molar-refractivity contribution in [2.45, 2.75) is 32.7 Å². The molecule has 0 aliphatic heterocycles. The van der Waals surface area contributed by atoms with E-state index in [0.717, 1.165) is 61.7 Å². The van der Waals surface area contributed by atoms with Gasteiger partial charge in [-0.1, -0.05) is 43.7 Å². The number of hydrogen-bond donors (Lipinski definition) is 2. The summed E-state index contributed by atoms with van der Waals surface area (Å²) in [5.74, 6) is 2.66. The first kappa shape index (κ1) is 21.0. The molecule has 0 saturated carbocycles. The van der Waals surface area contributed by atoms with E-state index in [-0.39, 0.29) is 0 Å². The van der Waals surface area contributed by atoms with E-state index >= 15 is 0 Å². The number of aromatic amines is 1. The molecular weight excluding hydrogens is 384 g/mol. The molecule has 0 radical (unpaired) electrons. The van der Waals surface area contributed by atoms with Gasteiger partial charge in [-0.25, -0.2) is 0 Å². The van der Waals surface area contributed by atoms with Gasteiger partial charge in [-0.15, -0.1) is 0 Å². The smallest absolute Gasteiger partial charge is 0.127 e. The first-order valence-corrected chi connectivity index (χ1v) is 11.1. The zero-order valence-corrected chi connectivity index (χ0v) is 18.1. The fourth-order valence-corrected chi connectivity index (χ4v) is 3.59. The van der Waals surface area contributed by atoms with Gasteiger partial charge in [0.25, 0.3) is 0 Å². The lowest BCUT2D eigenvalue weighted by atomic mass is 10.1. The summed E-state index contributed by atoms with van der Waals surface area (Å²) in [5, 5.41) is 4.80. The second-order valence-electron chi connectivity index (χ2n) is 7.71. The Kier molecular flexibility index (Phi) is 7.24. The third-order valence-corrected chi connectivity index (χ3v) is 5.28.